The summed E-state index contributed by atoms with van der Waals surface area (Å²) in [6.45, 7) is 6.55. The number of nitrogens with zero attached hydrogens (tertiary/aromatic N) is 2. The Bertz CT molecular complexity index is 445. The number of rotatable bonds is 2. The summed E-state index contributed by atoms with van der Waals surface area (Å²) in [5.74, 6) is 4.33. The zero-order valence-corrected chi connectivity index (χ0v) is 14.3. The van der Waals surface area contributed by atoms with Gasteiger partial charge in [0, 0.05) is 51.2 Å². The maximum absolute atomic E-state index is 13.3. The molecule has 1 amide bonds. The average molecular weight is 317 g/mol. The van der Waals surface area contributed by atoms with Crippen LogP contribution in [0.4, 0.5) is 0 Å². The number of amides is 1. The van der Waals surface area contributed by atoms with Crippen molar-refractivity contribution in [2.75, 3.05) is 39.3 Å². The minimum atomic E-state index is 0.393. The van der Waals surface area contributed by atoms with E-state index in [1.165, 1.54) is 38.5 Å². The van der Waals surface area contributed by atoms with Gasteiger partial charge in [-0.05, 0) is 62.2 Å². The second kappa shape index (κ2) is 5.73. The van der Waals surface area contributed by atoms with E-state index < -0.39 is 0 Å². The number of hydrogen-bond acceptors (Lipinski definition) is 3. The second-order valence-electron chi connectivity index (χ2n) is 8.97. The van der Waals surface area contributed by atoms with Crippen LogP contribution in [0.25, 0.3) is 0 Å². The van der Waals surface area contributed by atoms with Crippen molar-refractivity contribution in [3.05, 3.63) is 0 Å². The molecule has 128 valence electrons. The first kappa shape index (κ1) is 14.7. The fourth-order valence-corrected chi connectivity index (χ4v) is 6.83. The lowest BCUT2D eigenvalue weighted by molar-refractivity contribution is -0.148. The lowest BCUT2D eigenvalue weighted by atomic mass is 9.51. The van der Waals surface area contributed by atoms with Crippen molar-refractivity contribution < 1.29 is 4.79 Å². The molecule has 23 heavy (non-hydrogen) atoms. The highest BCUT2D eigenvalue weighted by molar-refractivity contribution is 5.80. The summed E-state index contributed by atoms with van der Waals surface area (Å²) < 4.78 is 0. The van der Waals surface area contributed by atoms with Crippen molar-refractivity contribution in [2.24, 2.45) is 29.6 Å². The minimum Gasteiger partial charge on any atom is -0.341 e. The summed E-state index contributed by atoms with van der Waals surface area (Å²) in [5, 5.41) is 3.44. The number of likely N-dealkylation sites (tertiary alicyclic amines) is 1. The average Bonchev–Trinajstić information content (AvgIpc) is 3.04. The summed E-state index contributed by atoms with van der Waals surface area (Å²) in [7, 11) is 0. The molecule has 0 aromatic heterocycles. The van der Waals surface area contributed by atoms with E-state index in [1.807, 2.05) is 0 Å². The van der Waals surface area contributed by atoms with Crippen LogP contribution in [0.3, 0.4) is 0 Å². The molecule has 1 atom stereocenters. The first-order valence-corrected chi connectivity index (χ1v) is 10.0. The standard InChI is InChI=1S/C19H31N3O/c23-19(18-15-8-13-7-14(10-15)11-16(18)9-13)22-4-1-17(12-22)21-5-2-20-3-6-21/h13-18,20H,1-12H2. The maximum Gasteiger partial charge on any atom is 0.226 e. The van der Waals surface area contributed by atoms with E-state index in [0.717, 1.165) is 62.9 Å². The van der Waals surface area contributed by atoms with Gasteiger partial charge in [0.2, 0.25) is 5.91 Å². The van der Waals surface area contributed by atoms with E-state index >= 15 is 0 Å². The molecule has 4 saturated carbocycles. The number of carbonyl (C=O) groups excluding carboxylic acids is 1. The predicted molar refractivity (Wildman–Crippen MR) is 90.0 cm³/mol. The van der Waals surface area contributed by atoms with Crippen molar-refractivity contribution in [1.29, 1.82) is 0 Å². The molecule has 0 aromatic rings. The summed E-state index contributed by atoms with van der Waals surface area (Å²) in [6.07, 6.45) is 8.11. The normalized spacial score (nSPS) is 46.5. The molecule has 4 bridgehead atoms. The van der Waals surface area contributed by atoms with Gasteiger partial charge >= 0.3 is 0 Å². The predicted octanol–water partition coefficient (Wildman–Crippen LogP) is 1.56. The maximum atomic E-state index is 13.3. The van der Waals surface area contributed by atoms with Gasteiger partial charge in [0.1, 0.15) is 0 Å². The molecular formula is C19H31N3O. The van der Waals surface area contributed by atoms with Gasteiger partial charge in [-0.2, -0.15) is 0 Å². The molecule has 6 rings (SSSR count). The fourth-order valence-electron chi connectivity index (χ4n) is 6.83. The first-order chi connectivity index (χ1) is 11.3. The Kier molecular flexibility index (Phi) is 3.67. The SMILES string of the molecule is O=C(C1C2CC3CC(C2)CC1C3)N1CCC(N2CCNCC2)C1. The van der Waals surface area contributed by atoms with Crippen LogP contribution in [0.2, 0.25) is 0 Å². The lowest BCUT2D eigenvalue weighted by Gasteiger charge is -2.54. The van der Waals surface area contributed by atoms with E-state index in [2.05, 4.69) is 15.1 Å². The van der Waals surface area contributed by atoms with E-state index in [9.17, 15) is 4.79 Å². The van der Waals surface area contributed by atoms with Gasteiger partial charge in [-0.1, -0.05) is 0 Å². The fraction of sp³-hybridized carbons (Fsp3) is 0.947. The van der Waals surface area contributed by atoms with Gasteiger partial charge < -0.3 is 10.2 Å². The summed E-state index contributed by atoms with van der Waals surface area (Å²) in [4.78, 5) is 18.1. The van der Waals surface area contributed by atoms with Crippen molar-refractivity contribution in [3.63, 3.8) is 0 Å². The third-order valence-corrected chi connectivity index (χ3v) is 7.65. The second-order valence-corrected chi connectivity index (χ2v) is 8.97. The lowest BCUT2D eigenvalue weighted by Crippen LogP contribution is -2.52. The molecule has 6 aliphatic rings. The molecular weight excluding hydrogens is 286 g/mol. The Morgan fingerprint density at radius 2 is 1.52 bits per heavy atom. The monoisotopic (exact) mass is 317 g/mol. The Balaban J connectivity index is 1.25. The summed E-state index contributed by atoms with van der Waals surface area (Å²) >= 11 is 0. The molecule has 4 aliphatic carbocycles. The molecule has 2 heterocycles. The van der Waals surface area contributed by atoms with Gasteiger partial charge in [-0.25, -0.2) is 0 Å². The summed E-state index contributed by atoms with van der Waals surface area (Å²) in [5.41, 5.74) is 0. The van der Waals surface area contributed by atoms with Gasteiger partial charge in [0.05, 0.1) is 0 Å². The molecule has 0 spiro atoms. The first-order valence-electron chi connectivity index (χ1n) is 10.0. The molecule has 2 saturated heterocycles. The molecule has 4 nitrogen and oxygen atoms in total. The van der Waals surface area contributed by atoms with Crippen LogP contribution in [-0.2, 0) is 4.79 Å². The van der Waals surface area contributed by atoms with Crippen molar-refractivity contribution in [3.8, 4) is 0 Å². The number of carbonyl (C=O) groups is 1. The number of hydrogen-bond donors (Lipinski definition) is 1. The summed E-state index contributed by atoms with van der Waals surface area (Å²) in [6, 6.07) is 0.623. The van der Waals surface area contributed by atoms with Gasteiger partial charge in [0.25, 0.3) is 0 Å². The Hall–Kier alpha value is -0.610. The van der Waals surface area contributed by atoms with Crippen molar-refractivity contribution in [1.82, 2.24) is 15.1 Å². The zero-order valence-electron chi connectivity index (χ0n) is 14.3. The van der Waals surface area contributed by atoms with E-state index in [0.29, 0.717) is 17.9 Å². The molecule has 4 heteroatoms. The van der Waals surface area contributed by atoms with Gasteiger partial charge in [0.15, 0.2) is 0 Å². The Labute approximate surface area is 140 Å². The van der Waals surface area contributed by atoms with Crippen LogP contribution in [0, 0.1) is 29.6 Å². The molecule has 2 aliphatic heterocycles. The highest BCUT2D eigenvalue weighted by atomic mass is 16.2. The number of piperazine rings is 1. The largest absolute Gasteiger partial charge is 0.341 e. The Morgan fingerprint density at radius 1 is 0.870 bits per heavy atom. The van der Waals surface area contributed by atoms with E-state index in [1.54, 1.807) is 0 Å². The molecule has 1 unspecified atom stereocenters. The number of nitrogens with one attached hydrogen (secondary N) is 1. The van der Waals surface area contributed by atoms with Crippen LogP contribution in [-0.4, -0.2) is 61.0 Å². The Morgan fingerprint density at radius 3 is 2.17 bits per heavy atom. The van der Waals surface area contributed by atoms with Gasteiger partial charge in [-0.3, -0.25) is 9.69 Å². The third kappa shape index (κ3) is 2.53. The van der Waals surface area contributed by atoms with Gasteiger partial charge in [-0.15, -0.1) is 0 Å². The van der Waals surface area contributed by atoms with Crippen LogP contribution in [0.15, 0.2) is 0 Å². The van der Waals surface area contributed by atoms with Crippen LogP contribution < -0.4 is 5.32 Å². The van der Waals surface area contributed by atoms with Crippen LogP contribution in [0.5, 0.6) is 0 Å². The topological polar surface area (TPSA) is 35.6 Å². The zero-order chi connectivity index (χ0) is 15.4. The van der Waals surface area contributed by atoms with Crippen molar-refractivity contribution in [2.45, 2.75) is 44.6 Å². The third-order valence-electron chi connectivity index (χ3n) is 7.65. The van der Waals surface area contributed by atoms with Crippen LogP contribution in [0.1, 0.15) is 38.5 Å². The smallest absolute Gasteiger partial charge is 0.226 e. The molecule has 0 radical (unpaired) electrons. The molecule has 0 aromatic carbocycles. The molecule has 6 fully saturated rings. The molecule has 1 N–H and O–H groups in total. The van der Waals surface area contributed by atoms with E-state index in [-0.39, 0.29) is 0 Å². The van der Waals surface area contributed by atoms with Crippen molar-refractivity contribution >= 4 is 5.91 Å². The highest BCUT2D eigenvalue weighted by Crippen LogP contribution is 2.57. The minimum absolute atomic E-state index is 0.393. The quantitative estimate of drug-likeness (QED) is 0.840. The van der Waals surface area contributed by atoms with E-state index in [4.69, 9.17) is 0 Å². The van der Waals surface area contributed by atoms with Crippen LogP contribution >= 0.6 is 0 Å². The highest BCUT2D eigenvalue weighted by Gasteiger charge is 2.52.